The zero-order chi connectivity index (χ0) is 26.2. The van der Waals surface area contributed by atoms with Gasteiger partial charge in [0.05, 0.1) is 18.8 Å². The molecule has 0 saturated carbocycles. The maximum absolute atomic E-state index is 12.1. The number of aliphatic hydroxyl groups excluding tert-OH is 3. The lowest BCUT2D eigenvalue weighted by molar-refractivity contribution is -0.282. The molecule has 0 radical (unpaired) electrons. The molecule has 1 aliphatic heterocycles. The number of ether oxygens (including phenoxy) is 2. The molecule has 1 saturated heterocycles. The van der Waals surface area contributed by atoms with Gasteiger partial charge in [0.25, 0.3) is 0 Å². The minimum atomic E-state index is -1.14. The Hall–Kier alpha value is -1.52. The van der Waals surface area contributed by atoms with Gasteiger partial charge >= 0.3 is 0 Å². The third kappa shape index (κ3) is 12.3. The van der Waals surface area contributed by atoms with Crippen LogP contribution in [0.1, 0.15) is 85.0 Å². The molecular weight excluding hydrogens is 452 g/mol. The van der Waals surface area contributed by atoms with Crippen LogP contribution in [0.15, 0.2) is 12.3 Å². The van der Waals surface area contributed by atoms with Gasteiger partial charge in [-0.15, -0.1) is 0 Å². The summed E-state index contributed by atoms with van der Waals surface area (Å²) in [6.45, 7) is 10.0. The van der Waals surface area contributed by atoms with E-state index in [-0.39, 0.29) is 17.7 Å². The molecule has 5 N–H and O–H groups in total. The van der Waals surface area contributed by atoms with Crippen molar-refractivity contribution in [3.05, 3.63) is 12.3 Å². The number of hydrogen-bond acceptors (Lipinski definition) is 8. The summed E-state index contributed by atoms with van der Waals surface area (Å²) in [7, 11) is 0. The lowest BCUT2D eigenvalue weighted by atomic mass is 9.92. The molecule has 0 aliphatic carbocycles. The lowest BCUT2D eigenvalue weighted by Gasteiger charge is -2.40. The Balaban J connectivity index is 2.13. The zero-order valence-corrected chi connectivity index (χ0v) is 21.8. The molecule has 9 nitrogen and oxygen atoms in total. The molecule has 0 spiro atoms. The molecule has 0 aromatic carbocycles. The number of hydrogen-bond donors (Lipinski definition) is 5. The summed E-state index contributed by atoms with van der Waals surface area (Å²) in [4.78, 5) is 24.0. The van der Waals surface area contributed by atoms with Crippen molar-refractivity contribution in [1.29, 1.82) is 0 Å². The molecule has 1 rings (SSSR count). The predicted octanol–water partition coefficient (Wildman–Crippen LogP) is 2.18. The van der Waals surface area contributed by atoms with E-state index >= 15 is 0 Å². The molecule has 35 heavy (non-hydrogen) atoms. The van der Waals surface area contributed by atoms with Gasteiger partial charge in [-0.05, 0) is 51.9 Å². The third-order valence-electron chi connectivity index (χ3n) is 6.46. The first kappa shape index (κ1) is 31.5. The molecular formula is C26H48N2O7. The van der Waals surface area contributed by atoms with Crippen molar-refractivity contribution in [3.8, 4) is 0 Å². The second kappa shape index (κ2) is 17.8. The van der Waals surface area contributed by atoms with Gasteiger partial charge in [-0.3, -0.25) is 9.59 Å². The number of carbonyl (C=O) groups is 2. The maximum atomic E-state index is 12.1. The number of unbranched alkanes of at least 4 members (excludes halogenated alkanes) is 4. The van der Waals surface area contributed by atoms with Crippen molar-refractivity contribution in [2.24, 2.45) is 5.92 Å². The van der Waals surface area contributed by atoms with E-state index in [1.54, 1.807) is 13.8 Å². The van der Waals surface area contributed by atoms with Crippen LogP contribution in [0.4, 0.5) is 0 Å². The third-order valence-corrected chi connectivity index (χ3v) is 6.46. The van der Waals surface area contributed by atoms with Crippen LogP contribution in [0.3, 0.4) is 0 Å². The fourth-order valence-electron chi connectivity index (χ4n) is 4.07. The van der Waals surface area contributed by atoms with Gasteiger partial charge in [0, 0.05) is 31.2 Å². The average Bonchev–Trinajstić information content (AvgIpc) is 2.82. The van der Waals surface area contributed by atoms with E-state index in [4.69, 9.17) is 9.47 Å². The number of carbonyl (C=O) groups excluding carboxylic acids is 2. The molecule has 1 heterocycles. The monoisotopic (exact) mass is 500 g/mol. The number of nitrogens with one attached hydrogen (secondary N) is 2. The van der Waals surface area contributed by atoms with E-state index in [0.717, 1.165) is 50.6 Å². The highest BCUT2D eigenvalue weighted by Gasteiger charge is 2.42. The standard InChI is InChI=1S/C26H48N2O7/c1-5-6-7-12-18(2)28-21(20(4)30)13-8-10-15-27-23(31)14-9-11-16-34-26-19(3)24(32)25(33)22(17-29)35-26/h19,21-22,24-26,28-29,32-33H,2,5-17H2,1,3-4H3,(H,27,31)/t19?,21-,22?,24?,25?,26?/m1/s1. The van der Waals surface area contributed by atoms with E-state index in [9.17, 15) is 24.9 Å². The molecule has 1 amide bonds. The highest BCUT2D eigenvalue weighted by Crippen LogP contribution is 2.26. The summed E-state index contributed by atoms with van der Waals surface area (Å²) in [5, 5.41) is 35.4. The van der Waals surface area contributed by atoms with Crippen molar-refractivity contribution >= 4 is 11.7 Å². The second-order valence-corrected chi connectivity index (χ2v) is 9.61. The van der Waals surface area contributed by atoms with E-state index < -0.39 is 37.1 Å². The van der Waals surface area contributed by atoms with E-state index in [1.165, 1.54) is 0 Å². The summed E-state index contributed by atoms with van der Waals surface area (Å²) in [6.07, 6.45) is 4.59. The van der Waals surface area contributed by atoms with Crippen LogP contribution in [0, 0.1) is 5.92 Å². The average molecular weight is 501 g/mol. The van der Waals surface area contributed by atoms with Crippen molar-refractivity contribution in [1.82, 2.24) is 10.6 Å². The van der Waals surface area contributed by atoms with Gasteiger partial charge in [0.2, 0.25) is 5.91 Å². The molecule has 5 unspecified atom stereocenters. The van der Waals surface area contributed by atoms with Gasteiger partial charge in [-0.25, -0.2) is 0 Å². The summed E-state index contributed by atoms with van der Waals surface area (Å²) >= 11 is 0. The van der Waals surface area contributed by atoms with Gasteiger partial charge < -0.3 is 35.4 Å². The minimum Gasteiger partial charge on any atom is -0.394 e. The maximum Gasteiger partial charge on any atom is 0.219 e. The first-order chi connectivity index (χ1) is 16.7. The van der Waals surface area contributed by atoms with E-state index in [0.29, 0.717) is 32.4 Å². The van der Waals surface area contributed by atoms with Crippen LogP contribution in [-0.4, -0.2) is 77.4 Å². The zero-order valence-electron chi connectivity index (χ0n) is 21.8. The van der Waals surface area contributed by atoms with E-state index in [2.05, 4.69) is 24.1 Å². The van der Waals surface area contributed by atoms with Crippen molar-refractivity contribution < 1.29 is 34.4 Å². The molecule has 204 valence electrons. The fraction of sp³-hybridized carbons (Fsp3) is 0.846. The summed E-state index contributed by atoms with van der Waals surface area (Å²) in [6, 6.07) is -0.215. The summed E-state index contributed by atoms with van der Waals surface area (Å²) in [5.41, 5.74) is 0.919. The van der Waals surface area contributed by atoms with Crippen LogP contribution >= 0.6 is 0 Å². The van der Waals surface area contributed by atoms with Gasteiger partial charge in [0.15, 0.2) is 12.1 Å². The van der Waals surface area contributed by atoms with E-state index in [1.807, 2.05) is 0 Å². The Kier molecular flexibility index (Phi) is 16.1. The molecule has 6 atom stereocenters. The number of allylic oxidation sites excluding steroid dienone is 1. The van der Waals surface area contributed by atoms with Crippen LogP contribution in [0.5, 0.6) is 0 Å². The number of amides is 1. The first-order valence-corrected chi connectivity index (χ1v) is 13.2. The fourth-order valence-corrected chi connectivity index (χ4v) is 4.07. The van der Waals surface area contributed by atoms with Crippen molar-refractivity contribution in [3.63, 3.8) is 0 Å². The number of aliphatic hydroxyl groups is 3. The molecule has 0 aromatic heterocycles. The Bertz CT molecular complexity index is 629. The van der Waals surface area contributed by atoms with Gasteiger partial charge in [-0.1, -0.05) is 33.3 Å². The van der Waals surface area contributed by atoms with Crippen LogP contribution in [0.2, 0.25) is 0 Å². The van der Waals surface area contributed by atoms with Gasteiger partial charge in [0.1, 0.15) is 12.2 Å². The van der Waals surface area contributed by atoms with Crippen LogP contribution in [-0.2, 0) is 19.1 Å². The Morgan fingerprint density at radius 2 is 1.77 bits per heavy atom. The predicted molar refractivity (Wildman–Crippen MR) is 134 cm³/mol. The Morgan fingerprint density at radius 1 is 1.06 bits per heavy atom. The molecule has 1 aliphatic rings. The normalized spacial score (nSPS) is 25.1. The van der Waals surface area contributed by atoms with Crippen LogP contribution in [0.25, 0.3) is 0 Å². The van der Waals surface area contributed by atoms with Crippen molar-refractivity contribution in [2.75, 3.05) is 19.8 Å². The number of ketones is 1. The minimum absolute atomic E-state index is 0.0169. The van der Waals surface area contributed by atoms with Crippen LogP contribution < -0.4 is 10.6 Å². The highest BCUT2D eigenvalue weighted by molar-refractivity contribution is 5.81. The number of rotatable bonds is 19. The molecule has 1 fully saturated rings. The smallest absolute Gasteiger partial charge is 0.219 e. The SMILES string of the molecule is C=C(CCCCC)N[C@H](CCCCNC(=O)CCCCOC1OC(CO)C(O)C(O)C1C)C(C)=O. The Labute approximate surface area is 210 Å². The topological polar surface area (TPSA) is 137 Å². The quantitative estimate of drug-likeness (QED) is 0.170. The largest absolute Gasteiger partial charge is 0.394 e. The van der Waals surface area contributed by atoms with Crippen molar-refractivity contribution in [2.45, 2.75) is 116 Å². The molecule has 0 bridgehead atoms. The summed E-state index contributed by atoms with van der Waals surface area (Å²) < 4.78 is 11.2. The summed E-state index contributed by atoms with van der Waals surface area (Å²) in [5.74, 6) is -0.330. The molecule has 9 heteroatoms. The van der Waals surface area contributed by atoms with Gasteiger partial charge in [-0.2, -0.15) is 0 Å². The highest BCUT2D eigenvalue weighted by atomic mass is 16.7. The lowest BCUT2D eigenvalue weighted by Crippen LogP contribution is -2.55. The number of Topliss-reactive ketones (excluding diaryl/α,β-unsaturated/α-hetero) is 1. The Morgan fingerprint density at radius 3 is 2.43 bits per heavy atom. The second-order valence-electron chi connectivity index (χ2n) is 9.61. The molecule has 0 aromatic rings. The first-order valence-electron chi connectivity index (χ1n) is 13.2.